The number of rotatable bonds is 5. The molecule has 0 aliphatic heterocycles. The standard InChI is InChI=1S/C18H29NOSi/c1-13(2)21(14(3)4,15(5)6)19-17-11-9-8-10-16(17)12-18(19)20-7/h8-15H,1-7H3. The number of hydrogen-bond donors (Lipinski definition) is 0. The van der Waals surface area contributed by atoms with Crippen molar-refractivity contribution in [2.45, 2.75) is 58.2 Å². The van der Waals surface area contributed by atoms with Crippen LogP contribution in [0.25, 0.3) is 10.9 Å². The Kier molecular flexibility index (Phi) is 4.52. The molecule has 2 rings (SSSR count). The summed E-state index contributed by atoms with van der Waals surface area (Å²) in [5.74, 6) is 1.03. The molecule has 0 bridgehead atoms. The first kappa shape index (κ1) is 16.2. The number of fused-ring (bicyclic) bond motifs is 1. The van der Waals surface area contributed by atoms with Crippen molar-refractivity contribution < 1.29 is 4.74 Å². The Morgan fingerprint density at radius 1 is 0.905 bits per heavy atom. The van der Waals surface area contributed by atoms with Gasteiger partial charge in [-0.15, -0.1) is 0 Å². The van der Waals surface area contributed by atoms with Gasteiger partial charge in [-0.05, 0) is 22.7 Å². The summed E-state index contributed by atoms with van der Waals surface area (Å²) in [6.07, 6.45) is 0. The third kappa shape index (κ3) is 2.32. The van der Waals surface area contributed by atoms with Crippen LogP contribution < -0.4 is 4.74 Å². The molecule has 21 heavy (non-hydrogen) atoms. The Labute approximate surface area is 130 Å². The van der Waals surface area contributed by atoms with Crippen molar-refractivity contribution in [1.29, 1.82) is 0 Å². The largest absolute Gasteiger partial charge is 0.483 e. The zero-order valence-electron chi connectivity index (χ0n) is 14.5. The van der Waals surface area contributed by atoms with Crippen LogP contribution in [0.1, 0.15) is 41.5 Å². The van der Waals surface area contributed by atoms with Crippen LogP contribution in [0.3, 0.4) is 0 Å². The van der Waals surface area contributed by atoms with Gasteiger partial charge < -0.3 is 8.97 Å². The van der Waals surface area contributed by atoms with Crippen LogP contribution in [0.15, 0.2) is 30.3 Å². The SMILES string of the molecule is COc1cc2ccccc2n1[Si](C(C)C)(C(C)C)C(C)C. The van der Waals surface area contributed by atoms with E-state index in [1.54, 1.807) is 7.11 Å². The third-order valence-corrected chi connectivity index (χ3v) is 11.8. The van der Waals surface area contributed by atoms with Gasteiger partial charge in [-0.25, -0.2) is 0 Å². The van der Waals surface area contributed by atoms with Crippen molar-refractivity contribution in [3.05, 3.63) is 30.3 Å². The van der Waals surface area contributed by atoms with Gasteiger partial charge in [0, 0.05) is 17.0 Å². The highest BCUT2D eigenvalue weighted by atomic mass is 28.3. The number of nitrogens with zero attached hydrogens (tertiary/aromatic N) is 1. The van der Waals surface area contributed by atoms with Gasteiger partial charge in [0.15, 0.2) is 14.1 Å². The Morgan fingerprint density at radius 2 is 1.43 bits per heavy atom. The average Bonchev–Trinajstić information content (AvgIpc) is 2.77. The molecule has 1 heterocycles. The highest BCUT2D eigenvalue weighted by Crippen LogP contribution is 2.46. The minimum absolute atomic E-state index is 0.655. The molecule has 2 aromatic rings. The summed E-state index contributed by atoms with van der Waals surface area (Å²) in [7, 11) is 0.00671. The van der Waals surface area contributed by atoms with Crippen LogP contribution in [0.5, 0.6) is 5.88 Å². The van der Waals surface area contributed by atoms with Crippen LogP contribution in [-0.4, -0.2) is 19.6 Å². The number of methoxy groups -OCH3 is 1. The van der Waals surface area contributed by atoms with Crippen molar-refractivity contribution in [3.63, 3.8) is 0 Å². The molecule has 1 aromatic heterocycles. The second-order valence-electron chi connectivity index (χ2n) is 6.93. The smallest absolute Gasteiger partial charge is 0.185 e. The van der Waals surface area contributed by atoms with E-state index in [0.29, 0.717) is 16.6 Å². The molecule has 0 amide bonds. The van der Waals surface area contributed by atoms with Crippen molar-refractivity contribution in [1.82, 2.24) is 4.23 Å². The Hall–Kier alpha value is -1.22. The molecule has 0 aliphatic carbocycles. The van der Waals surface area contributed by atoms with Crippen LogP contribution >= 0.6 is 0 Å². The molecule has 0 aliphatic rings. The Morgan fingerprint density at radius 3 is 1.90 bits per heavy atom. The highest BCUT2D eigenvalue weighted by molar-refractivity contribution is 6.83. The maximum atomic E-state index is 5.78. The number of para-hydroxylation sites is 1. The van der Waals surface area contributed by atoms with Crippen molar-refractivity contribution in [2.75, 3.05) is 7.11 Å². The maximum absolute atomic E-state index is 5.78. The second kappa shape index (κ2) is 5.88. The maximum Gasteiger partial charge on any atom is 0.185 e. The fourth-order valence-corrected chi connectivity index (χ4v) is 11.2. The normalized spacial score (nSPS) is 12.9. The van der Waals surface area contributed by atoms with E-state index in [1.807, 2.05) is 0 Å². The van der Waals surface area contributed by atoms with Gasteiger partial charge in [0.05, 0.1) is 7.11 Å². The van der Waals surface area contributed by atoms with Gasteiger partial charge in [-0.1, -0.05) is 59.7 Å². The lowest BCUT2D eigenvalue weighted by Gasteiger charge is -2.45. The van der Waals surface area contributed by atoms with Gasteiger partial charge in [-0.3, -0.25) is 0 Å². The van der Waals surface area contributed by atoms with Crippen molar-refractivity contribution >= 4 is 19.1 Å². The predicted molar refractivity (Wildman–Crippen MR) is 94.9 cm³/mol. The van der Waals surface area contributed by atoms with Gasteiger partial charge in [-0.2, -0.15) is 0 Å². The van der Waals surface area contributed by atoms with Gasteiger partial charge in [0.1, 0.15) is 0 Å². The molecule has 0 saturated heterocycles. The number of ether oxygens (including phenoxy) is 1. The van der Waals surface area contributed by atoms with E-state index >= 15 is 0 Å². The lowest BCUT2D eigenvalue weighted by atomic mass is 10.3. The summed E-state index contributed by atoms with van der Waals surface area (Å²) in [4.78, 5) is 0. The molecule has 2 nitrogen and oxygen atoms in total. The number of aromatic nitrogens is 1. The summed E-state index contributed by atoms with van der Waals surface area (Å²) < 4.78 is 8.37. The molecular weight excluding hydrogens is 274 g/mol. The van der Waals surface area contributed by atoms with E-state index in [1.165, 1.54) is 10.9 Å². The number of benzene rings is 1. The minimum Gasteiger partial charge on any atom is -0.483 e. The fraction of sp³-hybridized carbons (Fsp3) is 0.556. The first-order valence-corrected chi connectivity index (χ1v) is 10.2. The van der Waals surface area contributed by atoms with E-state index in [0.717, 1.165) is 5.88 Å². The predicted octanol–water partition coefficient (Wildman–Crippen LogP) is 5.67. The topological polar surface area (TPSA) is 14.2 Å². The fourth-order valence-electron chi connectivity index (χ4n) is 4.45. The molecule has 0 fully saturated rings. The summed E-state index contributed by atoms with van der Waals surface area (Å²) in [5.41, 5.74) is 3.30. The molecule has 0 spiro atoms. The molecule has 116 valence electrons. The van der Waals surface area contributed by atoms with E-state index in [9.17, 15) is 0 Å². The zero-order valence-corrected chi connectivity index (χ0v) is 15.5. The van der Waals surface area contributed by atoms with Crippen LogP contribution in [0, 0.1) is 0 Å². The molecule has 0 N–H and O–H groups in total. The summed E-state index contributed by atoms with van der Waals surface area (Å²) in [5, 5.41) is 1.29. The molecule has 0 atom stereocenters. The lowest BCUT2D eigenvalue weighted by Crippen LogP contribution is -2.51. The second-order valence-corrected chi connectivity index (χ2v) is 12.6. The Bertz CT molecular complexity index is 591. The quantitative estimate of drug-likeness (QED) is 0.649. The first-order chi connectivity index (χ1) is 9.87. The first-order valence-electron chi connectivity index (χ1n) is 8.02. The van der Waals surface area contributed by atoms with Crippen LogP contribution in [0.4, 0.5) is 0 Å². The van der Waals surface area contributed by atoms with Crippen LogP contribution in [-0.2, 0) is 0 Å². The van der Waals surface area contributed by atoms with Crippen LogP contribution in [0.2, 0.25) is 16.6 Å². The molecule has 0 radical (unpaired) electrons. The molecule has 3 heteroatoms. The van der Waals surface area contributed by atoms with E-state index in [2.05, 4.69) is 76.1 Å². The molecule has 0 saturated carbocycles. The van der Waals surface area contributed by atoms with Crippen molar-refractivity contribution in [2.24, 2.45) is 0 Å². The summed E-state index contributed by atoms with van der Waals surface area (Å²) >= 11 is 0. The lowest BCUT2D eigenvalue weighted by molar-refractivity contribution is 0.392. The third-order valence-electron chi connectivity index (χ3n) is 5.05. The monoisotopic (exact) mass is 303 g/mol. The number of hydrogen-bond acceptors (Lipinski definition) is 1. The average molecular weight is 304 g/mol. The zero-order chi connectivity index (χ0) is 15.8. The molecule has 1 aromatic carbocycles. The summed E-state index contributed by atoms with van der Waals surface area (Å²) in [6, 6.07) is 10.9. The van der Waals surface area contributed by atoms with E-state index < -0.39 is 8.24 Å². The van der Waals surface area contributed by atoms with E-state index in [4.69, 9.17) is 4.74 Å². The van der Waals surface area contributed by atoms with Gasteiger partial charge >= 0.3 is 0 Å². The van der Waals surface area contributed by atoms with Gasteiger partial charge in [0.25, 0.3) is 0 Å². The van der Waals surface area contributed by atoms with E-state index in [-0.39, 0.29) is 0 Å². The molecular formula is C18H29NOSi. The van der Waals surface area contributed by atoms with Gasteiger partial charge in [0.2, 0.25) is 0 Å². The molecule has 0 unspecified atom stereocenters. The van der Waals surface area contributed by atoms with Crippen molar-refractivity contribution in [3.8, 4) is 5.88 Å². The summed E-state index contributed by atoms with van der Waals surface area (Å²) in [6.45, 7) is 14.3. The highest BCUT2D eigenvalue weighted by Gasteiger charge is 2.47. The minimum atomic E-state index is -1.79. The Balaban J connectivity index is 2.88.